The Bertz CT molecular complexity index is 682. The van der Waals surface area contributed by atoms with Crippen LogP contribution in [-0.4, -0.2) is 52.0 Å². The first-order valence-electron chi connectivity index (χ1n) is 7.49. The second kappa shape index (κ2) is 6.91. The number of aryl methyl sites for hydroxylation is 1. The van der Waals surface area contributed by atoms with Crippen molar-refractivity contribution in [3.05, 3.63) is 28.5 Å². The van der Waals surface area contributed by atoms with Crippen molar-refractivity contribution in [1.82, 2.24) is 19.9 Å². The summed E-state index contributed by atoms with van der Waals surface area (Å²) in [6.07, 6.45) is 3.25. The van der Waals surface area contributed by atoms with Gasteiger partial charge in [0.15, 0.2) is 0 Å². The van der Waals surface area contributed by atoms with Gasteiger partial charge in [-0.25, -0.2) is 15.0 Å². The van der Waals surface area contributed by atoms with Crippen LogP contribution in [0.1, 0.15) is 28.2 Å². The Hall–Kier alpha value is -2.22. The number of thiazole rings is 1. The maximum absolute atomic E-state index is 12.5. The number of rotatable bonds is 4. The average molecular weight is 333 g/mol. The average Bonchev–Trinajstić information content (AvgIpc) is 3.01. The van der Waals surface area contributed by atoms with Crippen LogP contribution >= 0.6 is 11.3 Å². The van der Waals surface area contributed by atoms with E-state index in [0.717, 1.165) is 42.3 Å². The van der Waals surface area contributed by atoms with Crippen LogP contribution in [0.2, 0.25) is 0 Å². The Morgan fingerprint density at radius 3 is 2.78 bits per heavy atom. The highest BCUT2D eigenvalue weighted by Gasteiger charge is 2.25. The van der Waals surface area contributed by atoms with Gasteiger partial charge in [-0.05, 0) is 19.8 Å². The van der Waals surface area contributed by atoms with E-state index in [-0.39, 0.29) is 5.91 Å². The van der Waals surface area contributed by atoms with Gasteiger partial charge in [0, 0.05) is 25.2 Å². The summed E-state index contributed by atoms with van der Waals surface area (Å²) in [6, 6.07) is 2.07. The number of aromatic nitrogens is 3. The predicted molar refractivity (Wildman–Crippen MR) is 88.0 cm³/mol. The molecule has 23 heavy (non-hydrogen) atoms. The highest BCUT2D eigenvalue weighted by molar-refractivity contribution is 7.11. The van der Waals surface area contributed by atoms with Crippen molar-refractivity contribution < 1.29 is 9.53 Å². The van der Waals surface area contributed by atoms with Gasteiger partial charge in [0.2, 0.25) is 5.88 Å². The van der Waals surface area contributed by atoms with Crippen LogP contribution in [-0.2, 0) is 0 Å². The van der Waals surface area contributed by atoms with Gasteiger partial charge in [0.05, 0.1) is 18.3 Å². The van der Waals surface area contributed by atoms with Crippen molar-refractivity contribution in [2.24, 2.45) is 0 Å². The lowest BCUT2D eigenvalue weighted by Crippen LogP contribution is -2.42. The normalized spacial score (nSPS) is 15.5. The van der Waals surface area contributed by atoms with E-state index in [9.17, 15) is 4.79 Å². The standard InChI is InChI=1S/C15H19N5O2S/c1-10-14(23-9-18-10)15(21)20-5-3-11(4-6-20)19-12-7-13(22-2)17-8-16-12/h7-9,11H,3-6H2,1-2H3,(H,16,17,19). The number of hydrogen-bond acceptors (Lipinski definition) is 7. The molecule has 1 N–H and O–H groups in total. The Balaban J connectivity index is 1.56. The van der Waals surface area contributed by atoms with Crippen molar-refractivity contribution in [2.45, 2.75) is 25.8 Å². The van der Waals surface area contributed by atoms with E-state index in [4.69, 9.17) is 4.74 Å². The maximum Gasteiger partial charge on any atom is 0.265 e. The molecule has 0 saturated carbocycles. The molecule has 0 aliphatic carbocycles. The second-order valence-corrected chi connectivity index (χ2v) is 6.28. The molecule has 8 heteroatoms. The first kappa shape index (κ1) is 15.7. The van der Waals surface area contributed by atoms with Crippen LogP contribution in [0.3, 0.4) is 0 Å². The fourth-order valence-electron chi connectivity index (χ4n) is 2.62. The monoisotopic (exact) mass is 333 g/mol. The van der Waals surface area contributed by atoms with Crippen LogP contribution in [0.15, 0.2) is 17.9 Å². The number of ether oxygens (including phenoxy) is 1. The second-order valence-electron chi connectivity index (χ2n) is 5.42. The minimum atomic E-state index is 0.0900. The summed E-state index contributed by atoms with van der Waals surface area (Å²) >= 11 is 1.41. The van der Waals surface area contributed by atoms with Gasteiger partial charge in [-0.1, -0.05) is 0 Å². The van der Waals surface area contributed by atoms with Crippen LogP contribution in [0.25, 0.3) is 0 Å². The molecule has 0 radical (unpaired) electrons. The SMILES string of the molecule is COc1cc(NC2CCN(C(=O)c3scnc3C)CC2)ncn1. The molecule has 1 fully saturated rings. The zero-order chi connectivity index (χ0) is 16.2. The molecule has 7 nitrogen and oxygen atoms in total. The van der Waals surface area contributed by atoms with Crippen LogP contribution in [0.4, 0.5) is 5.82 Å². The molecule has 1 amide bonds. The first-order valence-corrected chi connectivity index (χ1v) is 8.37. The molecule has 1 aliphatic heterocycles. The Labute approximate surface area is 138 Å². The number of likely N-dealkylation sites (tertiary alicyclic amines) is 1. The molecule has 122 valence electrons. The Kier molecular flexibility index (Phi) is 4.71. The van der Waals surface area contributed by atoms with E-state index >= 15 is 0 Å². The van der Waals surface area contributed by atoms with Crippen molar-refractivity contribution in [3.63, 3.8) is 0 Å². The van der Waals surface area contributed by atoms with Crippen LogP contribution in [0.5, 0.6) is 5.88 Å². The summed E-state index contributed by atoms with van der Waals surface area (Å²) in [5.41, 5.74) is 2.53. The number of carbonyl (C=O) groups is 1. The molecule has 0 unspecified atom stereocenters. The lowest BCUT2D eigenvalue weighted by atomic mass is 10.0. The fourth-order valence-corrected chi connectivity index (χ4v) is 3.39. The van der Waals surface area contributed by atoms with Gasteiger partial charge in [0.1, 0.15) is 17.0 Å². The summed E-state index contributed by atoms with van der Waals surface area (Å²) < 4.78 is 5.10. The van der Waals surface area contributed by atoms with Crippen LogP contribution in [0, 0.1) is 6.92 Å². The largest absolute Gasteiger partial charge is 0.481 e. The number of carbonyl (C=O) groups excluding carboxylic acids is 1. The van der Waals surface area contributed by atoms with Gasteiger partial charge < -0.3 is 15.0 Å². The van der Waals surface area contributed by atoms with E-state index in [0.29, 0.717) is 11.9 Å². The van der Waals surface area contributed by atoms with E-state index in [1.54, 1.807) is 18.7 Å². The lowest BCUT2D eigenvalue weighted by Gasteiger charge is -2.32. The summed E-state index contributed by atoms with van der Waals surface area (Å²) in [5, 5.41) is 3.38. The van der Waals surface area contributed by atoms with E-state index in [1.807, 2.05) is 11.8 Å². The molecular formula is C15H19N5O2S. The fraction of sp³-hybridized carbons (Fsp3) is 0.467. The summed E-state index contributed by atoms with van der Waals surface area (Å²) in [5.74, 6) is 1.38. The van der Waals surface area contributed by atoms with Gasteiger partial charge in [0.25, 0.3) is 5.91 Å². The molecule has 1 saturated heterocycles. The molecule has 2 aromatic heterocycles. The zero-order valence-corrected chi connectivity index (χ0v) is 14.0. The van der Waals surface area contributed by atoms with Gasteiger partial charge in [-0.2, -0.15) is 0 Å². The van der Waals surface area contributed by atoms with Gasteiger partial charge in [-0.3, -0.25) is 4.79 Å². The number of anilines is 1. The highest BCUT2D eigenvalue weighted by Crippen LogP contribution is 2.21. The Morgan fingerprint density at radius 2 is 2.13 bits per heavy atom. The van der Waals surface area contributed by atoms with Gasteiger partial charge in [-0.15, -0.1) is 11.3 Å². The first-order chi connectivity index (χ1) is 11.2. The van der Waals surface area contributed by atoms with Gasteiger partial charge >= 0.3 is 0 Å². The van der Waals surface area contributed by atoms with Crippen molar-refractivity contribution in [3.8, 4) is 5.88 Å². The summed E-state index contributed by atoms with van der Waals surface area (Å²) in [7, 11) is 1.58. The number of nitrogens with zero attached hydrogens (tertiary/aromatic N) is 4. The van der Waals surface area contributed by atoms with Crippen LogP contribution < -0.4 is 10.1 Å². The quantitative estimate of drug-likeness (QED) is 0.921. The third kappa shape index (κ3) is 3.58. The van der Waals surface area contributed by atoms with E-state index < -0.39 is 0 Å². The third-order valence-corrected chi connectivity index (χ3v) is 4.84. The topological polar surface area (TPSA) is 80.2 Å². The lowest BCUT2D eigenvalue weighted by molar-refractivity contribution is 0.0722. The van der Waals surface area contributed by atoms with Crippen molar-refractivity contribution in [1.29, 1.82) is 0 Å². The number of hydrogen-bond donors (Lipinski definition) is 1. The molecule has 0 spiro atoms. The minimum Gasteiger partial charge on any atom is -0.481 e. The van der Waals surface area contributed by atoms with Crippen molar-refractivity contribution in [2.75, 3.05) is 25.5 Å². The minimum absolute atomic E-state index is 0.0900. The number of nitrogens with one attached hydrogen (secondary N) is 1. The number of methoxy groups -OCH3 is 1. The summed E-state index contributed by atoms with van der Waals surface area (Å²) in [6.45, 7) is 3.34. The molecule has 0 atom stereocenters. The molecular weight excluding hydrogens is 314 g/mol. The molecule has 3 rings (SSSR count). The molecule has 1 aliphatic rings. The third-order valence-electron chi connectivity index (χ3n) is 3.93. The zero-order valence-electron chi connectivity index (χ0n) is 13.2. The smallest absolute Gasteiger partial charge is 0.265 e. The molecule has 2 aromatic rings. The molecule has 0 aromatic carbocycles. The predicted octanol–water partition coefficient (Wildman–Crippen LogP) is 1.97. The Morgan fingerprint density at radius 1 is 1.35 bits per heavy atom. The maximum atomic E-state index is 12.5. The highest BCUT2D eigenvalue weighted by atomic mass is 32.1. The summed E-state index contributed by atoms with van der Waals surface area (Å²) in [4.78, 5) is 27.5. The number of piperidine rings is 1. The number of amides is 1. The molecule has 3 heterocycles. The van der Waals surface area contributed by atoms with Crippen molar-refractivity contribution >= 4 is 23.1 Å². The van der Waals surface area contributed by atoms with E-state index in [2.05, 4.69) is 20.3 Å². The van der Waals surface area contributed by atoms with E-state index in [1.165, 1.54) is 17.7 Å². The molecule has 0 bridgehead atoms.